The van der Waals surface area contributed by atoms with Gasteiger partial charge >= 0.3 is 5.97 Å². The van der Waals surface area contributed by atoms with Gasteiger partial charge in [0.05, 0.1) is 16.9 Å². The van der Waals surface area contributed by atoms with Crippen LogP contribution in [0.5, 0.6) is 0 Å². The number of hydrogen-bond donors (Lipinski definition) is 3. The summed E-state index contributed by atoms with van der Waals surface area (Å²) in [5.74, 6) is -0.997. The summed E-state index contributed by atoms with van der Waals surface area (Å²) in [4.78, 5) is 11.3. The van der Waals surface area contributed by atoms with E-state index in [9.17, 15) is 9.90 Å². The topological polar surface area (TPSA) is 69.6 Å². The zero-order chi connectivity index (χ0) is 11.3. The van der Waals surface area contributed by atoms with Crippen molar-refractivity contribution in [3.63, 3.8) is 0 Å². The normalized spacial score (nSPS) is 12.7. The van der Waals surface area contributed by atoms with Crippen LogP contribution in [0.4, 0.5) is 0 Å². The fourth-order valence-electron chi connectivity index (χ4n) is 1.08. The molecule has 0 aliphatic carbocycles. The highest BCUT2D eigenvalue weighted by Gasteiger charge is 2.08. The largest absolute Gasteiger partial charge is 0.481 e. The molecule has 1 rings (SSSR count). The minimum Gasteiger partial charge on any atom is -0.481 e. The lowest BCUT2D eigenvalue weighted by atomic mass is 10.2. The SMILES string of the molecule is O=C(O)CC(O)CNCc1ccc(Cl)s1. The van der Waals surface area contributed by atoms with Crippen LogP contribution < -0.4 is 5.32 Å². The molecule has 0 radical (unpaired) electrons. The van der Waals surface area contributed by atoms with E-state index < -0.39 is 12.1 Å². The number of rotatable bonds is 6. The molecule has 1 atom stereocenters. The van der Waals surface area contributed by atoms with Gasteiger partial charge in [-0.2, -0.15) is 0 Å². The van der Waals surface area contributed by atoms with Crippen LogP contribution in [0.15, 0.2) is 12.1 Å². The van der Waals surface area contributed by atoms with E-state index in [1.54, 1.807) is 6.07 Å². The van der Waals surface area contributed by atoms with Crippen molar-refractivity contribution < 1.29 is 15.0 Å². The average Bonchev–Trinajstić information content (AvgIpc) is 2.50. The summed E-state index contributed by atoms with van der Waals surface area (Å²) in [6.45, 7) is 0.857. The first kappa shape index (κ1) is 12.4. The van der Waals surface area contributed by atoms with Crippen molar-refractivity contribution in [1.82, 2.24) is 5.32 Å². The van der Waals surface area contributed by atoms with Crippen molar-refractivity contribution in [3.05, 3.63) is 21.3 Å². The van der Waals surface area contributed by atoms with Crippen molar-refractivity contribution in [1.29, 1.82) is 0 Å². The first-order valence-corrected chi connectivity index (χ1v) is 5.62. The van der Waals surface area contributed by atoms with Gasteiger partial charge in [-0.3, -0.25) is 4.79 Å². The van der Waals surface area contributed by atoms with Crippen LogP contribution in [0.1, 0.15) is 11.3 Å². The molecule has 0 aliphatic heterocycles. The van der Waals surface area contributed by atoms with Crippen molar-refractivity contribution in [2.75, 3.05) is 6.54 Å². The summed E-state index contributed by atoms with van der Waals surface area (Å²) in [6.07, 6.45) is -1.09. The lowest BCUT2D eigenvalue weighted by Crippen LogP contribution is -2.28. The Morgan fingerprint density at radius 2 is 2.33 bits per heavy atom. The van der Waals surface area contributed by atoms with Gasteiger partial charge in [-0.1, -0.05) is 11.6 Å². The van der Waals surface area contributed by atoms with E-state index in [2.05, 4.69) is 5.32 Å². The Kier molecular flexibility index (Phi) is 5.04. The van der Waals surface area contributed by atoms with Crippen molar-refractivity contribution >= 4 is 28.9 Å². The molecule has 84 valence electrons. The predicted octanol–water partition coefficient (Wildman–Crippen LogP) is 1.33. The van der Waals surface area contributed by atoms with Crippen LogP contribution >= 0.6 is 22.9 Å². The maximum Gasteiger partial charge on any atom is 0.306 e. The maximum atomic E-state index is 10.2. The van der Waals surface area contributed by atoms with E-state index in [0.717, 1.165) is 9.21 Å². The van der Waals surface area contributed by atoms with Gasteiger partial charge in [0, 0.05) is 18.0 Å². The Labute approximate surface area is 96.5 Å². The van der Waals surface area contributed by atoms with Gasteiger partial charge in [0.2, 0.25) is 0 Å². The minimum atomic E-state index is -0.997. The van der Waals surface area contributed by atoms with Gasteiger partial charge in [0.15, 0.2) is 0 Å². The molecular weight excluding hydrogens is 238 g/mol. The second kappa shape index (κ2) is 6.07. The van der Waals surface area contributed by atoms with Gasteiger partial charge in [-0.05, 0) is 12.1 Å². The Bertz CT molecular complexity index is 329. The third kappa shape index (κ3) is 5.13. The van der Waals surface area contributed by atoms with E-state index >= 15 is 0 Å². The lowest BCUT2D eigenvalue weighted by molar-refractivity contribution is -0.139. The number of aliphatic carboxylic acids is 1. The van der Waals surface area contributed by atoms with Gasteiger partial charge in [0.1, 0.15) is 0 Å². The van der Waals surface area contributed by atoms with Crippen LogP contribution in [-0.2, 0) is 11.3 Å². The summed E-state index contributed by atoms with van der Waals surface area (Å²) in [5.41, 5.74) is 0. The molecule has 0 saturated heterocycles. The van der Waals surface area contributed by atoms with Gasteiger partial charge in [0.25, 0.3) is 0 Å². The molecule has 0 fully saturated rings. The monoisotopic (exact) mass is 249 g/mol. The van der Waals surface area contributed by atoms with E-state index in [1.165, 1.54) is 11.3 Å². The Morgan fingerprint density at radius 1 is 1.60 bits per heavy atom. The van der Waals surface area contributed by atoms with Crippen LogP contribution in [0, 0.1) is 0 Å². The molecular formula is C9H12ClNO3S. The standard InChI is InChI=1S/C9H12ClNO3S/c10-8-2-1-7(15-8)5-11-4-6(12)3-9(13)14/h1-2,6,11-12H,3-5H2,(H,13,14). The van der Waals surface area contributed by atoms with E-state index in [1.807, 2.05) is 6.07 Å². The number of carboxylic acids is 1. The first-order chi connectivity index (χ1) is 7.08. The number of halogens is 1. The molecule has 6 heteroatoms. The molecule has 0 saturated carbocycles. The molecule has 1 aromatic rings. The summed E-state index contributed by atoms with van der Waals surface area (Å²) >= 11 is 7.19. The average molecular weight is 250 g/mol. The molecule has 0 amide bonds. The molecule has 0 spiro atoms. The third-order valence-electron chi connectivity index (χ3n) is 1.72. The fraction of sp³-hybridized carbons (Fsp3) is 0.444. The molecule has 15 heavy (non-hydrogen) atoms. The third-order valence-corrected chi connectivity index (χ3v) is 2.95. The van der Waals surface area contributed by atoms with Crippen molar-refractivity contribution in [3.8, 4) is 0 Å². The quantitative estimate of drug-likeness (QED) is 0.711. The number of aliphatic hydroxyl groups excluding tert-OH is 1. The number of hydrogen-bond acceptors (Lipinski definition) is 4. The summed E-state index contributed by atoms with van der Waals surface area (Å²) in [7, 11) is 0. The zero-order valence-corrected chi connectivity index (χ0v) is 9.51. The highest BCUT2D eigenvalue weighted by molar-refractivity contribution is 7.16. The van der Waals surface area contributed by atoms with E-state index in [-0.39, 0.29) is 13.0 Å². The number of thiophene rings is 1. The number of aliphatic hydroxyl groups is 1. The van der Waals surface area contributed by atoms with Gasteiger partial charge in [-0.25, -0.2) is 0 Å². The van der Waals surface area contributed by atoms with Crippen molar-refractivity contribution in [2.24, 2.45) is 0 Å². The number of nitrogens with one attached hydrogen (secondary N) is 1. The van der Waals surface area contributed by atoms with Gasteiger partial charge < -0.3 is 15.5 Å². The zero-order valence-electron chi connectivity index (χ0n) is 7.94. The van der Waals surface area contributed by atoms with Crippen LogP contribution in [-0.4, -0.2) is 28.8 Å². The van der Waals surface area contributed by atoms with E-state index in [0.29, 0.717) is 6.54 Å². The number of carbonyl (C=O) groups is 1. The highest BCUT2D eigenvalue weighted by Crippen LogP contribution is 2.20. The maximum absolute atomic E-state index is 10.2. The molecule has 1 aromatic heterocycles. The smallest absolute Gasteiger partial charge is 0.306 e. The van der Waals surface area contributed by atoms with Crippen LogP contribution in [0.3, 0.4) is 0 Å². The molecule has 0 aliphatic rings. The summed E-state index contributed by atoms with van der Waals surface area (Å²) < 4.78 is 0.720. The number of carboxylic acid groups (broad SMARTS) is 1. The molecule has 1 unspecified atom stereocenters. The van der Waals surface area contributed by atoms with Crippen LogP contribution in [0.2, 0.25) is 4.34 Å². The second-order valence-corrected chi connectivity index (χ2v) is 4.89. The Balaban J connectivity index is 2.18. The lowest BCUT2D eigenvalue weighted by Gasteiger charge is -2.08. The Hall–Kier alpha value is -0.620. The fourth-order valence-corrected chi connectivity index (χ4v) is 2.14. The minimum absolute atomic E-state index is 0.238. The molecule has 1 heterocycles. The first-order valence-electron chi connectivity index (χ1n) is 4.42. The van der Waals surface area contributed by atoms with Crippen molar-refractivity contribution in [2.45, 2.75) is 19.1 Å². The molecule has 4 nitrogen and oxygen atoms in total. The second-order valence-electron chi connectivity index (χ2n) is 3.09. The van der Waals surface area contributed by atoms with Gasteiger partial charge in [-0.15, -0.1) is 11.3 Å². The molecule has 0 aromatic carbocycles. The predicted molar refractivity (Wildman–Crippen MR) is 59.3 cm³/mol. The Morgan fingerprint density at radius 3 is 2.87 bits per heavy atom. The summed E-state index contributed by atoms with van der Waals surface area (Å²) in [6, 6.07) is 3.69. The van der Waals surface area contributed by atoms with Crippen LogP contribution in [0.25, 0.3) is 0 Å². The molecule has 3 N–H and O–H groups in total. The molecule has 0 bridgehead atoms. The van der Waals surface area contributed by atoms with E-state index in [4.69, 9.17) is 16.7 Å². The summed E-state index contributed by atoms with van der Waals surface area (Å²) in [5, 5.41) is 20.6. The highest BCUT2D eigenvalue weighted by atomic mass is 35.5.